The molecule has 126 valence electrons. The predicted molar refractivity (Wildman–Crippen MR) is 90.4 cm³/mol. The highest BCUT2D eigenvalue weighted by Crippen LogP contribution is 2.61. The number of ether oxygens (including phenoxy) is 1. The molecule has 0 radical (unpaired) electrons. The zero-order valence-electron chi connectivity index (χ0n) is 14.5. The molecule has 3 heteroatoms. The Labute approximate surface area is 139 Å². The van der Waals surface area contributed by atoms with Gasteiger partial charge in [-0.3, -0.25) is 0 Å². The van der Waals surface area contributed by atoms with E-state index in [-0.39, 0.29) is 5.41 Å². The molecule has 3 rings (SSSR count). The van der Waals surface area contributed by atoms with Crippen molar-refractivity contribution >= 4 is 5.97 Å². The molecule has 4 atom stereocenters. The standard InChI is InChI=1S/C20H28O3/c1-13-6-9-16-19(2,3)10-5-11-20(16,4)15(13)8-7-14-12-17(21)23-18(14)22/h7-8,12,15-16,18,22H,1,5-6,9-11H2,2-4H3/b8-7+/t15-,16?,18?,20+/m0/s1. The minimum Gasteiger partial charge on any atom is -0.428 e. The molecular weight excluding hydrogens is 288 g/mol. The number of aliphatic hydroxyl groups excluding tert-OH is 1. The molecule has 0 spiro atoms. The molecule has 1 N–H and O–H groups in total. The van der Waals surface area contributed by atoms with Crippen LogP contribution in [0.4, 0.5) is 0 Å². The second kappa shape index (κ2) is 5.62. The summed E-state index contributed by atoms with van der Waals surface area (Å²) >= 11 is 0. The van der Waals surface area contributed by atoms with Crippen LogP contribution >= 0.6 is 0 Å². The van der Waals surface area contributed by atoms with E-state index in [0.717, 1.165) is 6.42 Å². The van der Waals surface area contributed by atoms with Gasteiger partial charge in [0.05, 0.1) is 0 Å². The molecule has 3 nitrogen and oxygen atoms in total. The zero-order chi connectivity index (χ0) is 16.8. The van der Waals surface area contributed by atoms with E-state index in [4.69, 9.17) is 4.74 Å². The fourth-order valence-corrected chi connectivity index (χ4v) is 5.32. The van der Waals surface area contributed by atoms with Crippen LogP contribution in [-0.2, 0) is 9.53 Å². The monoisotopic (exact) mass is 316 g/mol. The summed E-state index contributed by atoms with van der Waals surface area (Å²) < 4.78 is 4.76. The number of hydrogen-bond donors (Lipinski definition) is 1. The Morgan fingerprint density at radius 1 is 1.35 bits per heavy atom. The number of cyclic esters (lactones) is 1. The van der Waals surface area contributed by atoms with Gasteiger partial charge in [-0.05, 0) is 42.4 Å². The van der Waals surface area contributed by atoms with Crippen molar-refractivity contribution in [2.45, 2.75) is 59.2 Å². The maximum atomic E-state index is 11.2. The first kappa shape index (κ1) is 16.5. The Morgan fingerprint density at radius 3 is 2.74 bits per heavy atom. The second-order valence-corrected chi connectivity index (χ2v) is 8.37. The molecule has 0 bridgehead atoms. The Morgan fingerprint density at radius 2 is 2.09 bits per heavy atom. The van der Waals surface area contributed by atoms with Gasteiger partial charge in [-0.1, -0.05) is 51.5 Å². The lowest BCUT2D eigenvalue weighted by Gasteiger charge is -2.57. The van der Waals surface area contributed by atoms with E-state index in [1.807, 2.05) is 6.08 Å². The number of fused-ring (bicyclic) bond motifs is 1. The number of rotatable bonds is 2. The Balaban J connectivity index is 1.89. The fraction of sp³-hybridized carbons (Fsp3) is 0.650. The molecule has 0 aromatic carbocycles. The fourth-order valence-electron chi connectivity index (χ4n) is 5.32. The molecular formula is C20H28O3. The van der Waals surface area contributed by atoms with Crippen LogP contribution in [0.3, 0.4) is 0 Å². The van der Waals surface area contributed by atoms with E-state index in [1.54, 1.807) is 0 Å². The van der Waals surface area contributed by atoms with E-state index in [1.165, 1.54) is 37.3 Å². The summed E-state index contributed by atoms with van der Waals surface area (Å²) in [6.45, 7) is 11.5. The van der Waals surface area contributed by atoms with Crippen molar-refractivity contribution in [3.8, 4) is 0 Å². The van der Waals surface area contributed by atoms with Crippen LogP contribution in [0.1, 0.15) is 52.9 Å². The highest BCUT2D eigenvalue weighted by atomic mass is 16.6. The van der Waals surface area contributed by atoms with Crippen molar-refractivity contribution in [1.29, 1.82) is 0 Å². The zero-order valence-corrected chi connectivity index (χ0v) is 14.5. The van der Waals surface area contributed by atoms with Crippen molar-refractivity contribution in [3.05, 3.63) is 36.0 Å². The van der Waals surface area contributed by atoms with Crippen LogP contribution in [-0.4, -0.2) is 17.4 Å². The van der Waals surface area contributed by atoms with Gasteiger partial charge < -0.3 is 9.84 Å². The first-order valence-electron chi connectivity index (χ1n) is 8.70. The Bertz CT molecular complexity index is 584. The van der Waals surface area contributed by atoms with Gasteiger partial charge in [0.1, 0.15) is 0 Å². The first-order chi connectivity index (χ1) is 10.7. The SMILES string of the molecule is C=C1CCC2C(C)(C)CCC[C@]2(C)[C@H]1/C=C/C1=CC(=O)OC1O. The number of esters is 1. The van der Waals surface area contributed by atoms with Crippen LogP contribution in [0.15, 0.2) is 36.0 Å². The summed E-state index contributed by atoms with van der Waals surface area (Å²) in [7, 11) is 0. The molecule has 23 heavy (non-hydrogen) atoms. The van der Waals surface area contributed by atoms with Crippen LogP contribution in [0, 0.1) is 22.7 Å². The van der Waals surface area contributed by atoms with Gasteiger partial charge in [-0.25, -0.2) is 4.79 Å². The summed E-state index contributed by atoms with van der Waals surface area (Å²) in [5.74, 6) is 0.511. The number of carbonyl (C=O) groups is 1. The quantitative estimate of drug-likeness (QED) is 0.615. The Kier molecular flexibility index (Phi) is 4.04. The van der Waals surface area contributed by atoms with E-state index in [0.29, 0.717) is 22.8 Å². The first-order valence-corrected chi connectivity index (χ1v) is 8.70. The number of allylic oxidation sites excluding steroid dienone is 2. The maximum absolute atomic E-state index is 11.2. The lowest BCUT2D eigenvalue weighted by Crippen LogP contribution is -2.48. The maximum Gasteiger partial charge on any atom is 0.333 e. The van der Waals surface area contributed by atoms with Crippen LogP contribution < -0.4 is 0 Å². The summed E-state index contributed by atoms with van der Waals surface area (Å²) in [5.41, 5.74) is 2.40. The van der Waals surface area contributed by atoms with E-state index in [9.17, 15) is 9.90 Å². The van der Waals surface area contributed by atoms with Crippen molar-refractivity contribution in [3.63, 3.8) is 0 Å². The smallest absolute Gasteiger partial charge is 0.333 e. The van der Waals surface area contributed by atoms with Crippen molar-refractivity contribution in [2.75, 3.05) is 0 Å². The average Bonchev–Trinajstić information content (AvgIpc) is 2.75. The average molecular weight is 316 g/mol. The highest BCUT2D eigenvalue weighted by molar-refractivity contribution is 5.86. The summed E-state index contributed by atoms with van der Waals surface area (Å²) in [6.07, 6.45) is 10.3. The third kappa shape index (κ3) is 2.80. The number of carbonyl (C=O) groups excluding carboxylic acids is 1. The molecule has 2 saturated carbocycles. The van der Waals surface area contributed by atoms with Crippen LogP contribution in [0.25, 0.3) is 0 Å². The highest BCUT2D eigenvalue weighted by Gasteiger charge is 2.52. The molecule has 0 aromatic rings. The summed E-state index contributed by atoms with van der Waals surface area (Å²) in [6, 6.07) is 0. The van der Waals surface area contributed by atoms with Gasteiger partial charge in [0.25, 0.3) is 0 Å². The molecule has 0 amide bonds. The minimum atomic E-state index is -1.12. The topological polar surface area (TPSA) is 46.5 Å². The van der Waals surface area contributed by atoms with Crippen LogP contribution in [0.2, 0.25) is 0 Å². The van der Waals surface area contributed by atoms with E-state index < -0.39 is 12.3 Å². The lowest BCUT2D eigenvalue weighted by atomic mass is 9.47. The van der Waals surface area contributed by atoms with Crippen LogP contribution in [0.5, 0.6) is 0 Å². The molecule has 1 aliphatic heterocycles. The van der Waals surface area contributed by atoms with Gasteiger partial charge in [0.2, 0.25) is 6.29 Å². The van der Waals surface area contributed by atoms with Crippen molar-refractivity contribution in [2.24, 2.45) is 22.7 Å². The molecule has 0 aromatic heterocycles. The summed E-state index contributed by atoms with van der Waals surface area (Å²) in [5, 5.41) is 9.75. The molecule has 1 heterocycles. The predicted octanol–water partition coefficient (Wildman–Crippen LogP) is 4.14. The van der Waals surface area contributed by atoms with Gasteiger partial charge in [-0.15, -0.1) is 0 Å². The third-order valence-electron chi connectivity index (χ3n) is 6.46. The normalized spacial score (nSPS) is 40.0. The van der Waals surface area contributed by atoms with Gasteiger partial charge in [0, 0.05) is 17.6 Å². The molecule has 3 aliphatic rings. The van der Waals surface area contributed by atoms with E-state index >= 15 is 0 Å². The molecule has 0 saturated heterocycles. The third-order valence-corrected chi connectivity index (χ3v) is 6.46. The van der Waals surface area contributed by atoms with E-state index in [2.05, 4.69) is 33.4 Å². The van der Waals surface area contributed by atoms with Crippen molar-refractivity contribution in [1.82, 2.24) is 0 Å². The number of aliphatic hydroxyl groups is 1. The molecule has 2 fully saturated rings. The molecule has 2 unspecified atom stereocenters. The van der Waals surface area contributed by atoms with Gasteiger partial charge in [-0.2, -0.15) is 0 Å². The lowest BCUT2D eigenvalue weighted by molar-refractivity contribution is -0.150. The molecule has 2 aliphatic carbocycles. The second-order valence-electron chi connectivity index (χ2n) is 8.37. The van der Waals surface area contributed by atoms with Gasteiger partial charge in [0.15, 0.2) is 0 Å². The van der Waals surface area contributed by atoms with Gasteiger partial charge >= 0.3 is 5.97 Å². The summed E-state index contributed by atoms with van der Waals surface area (Å²) in [4.78, 5) is 11.2. The van der Waals surface area contributed by atoms with Crippen molar-refractivity contribution < 1.29 is 14.6 Å². The minimum absolute atomic E-state index is 0.211. The Hall–Kier alpha value is -1.35. The largest absolute Gasteiger partial charge is 0.428 e. The number of hydrogen-bond acceptors (Lipinski definition) is 3.